The minimum atomic E-state index is -3.00. The largest absolute Gasteiger partial charge is 0.497 e. The predicted molar refractivity (Wildman–Crippen MR) is 113 cm³/mol. The van der Waals surface area contributed by atoms with Crippen molar-refractivity contribution in [3.8, 4) is 34.3 Å². The number of alkyl halides is 2. The van der Waals surface area contributed by atoms with Crippen LogP contribution in [0.25, 0.3) is 27.8 Å². The van der Waals surface area contributed by atoms with Crippen LogP contribution in [-0.4, -0.2) is 40.1 Å². The lowest BCUT2D eigenvalue weighted by Gasteiger charge is -2.12. The average molecular weight is 440 g/mol. The molecule has 0 radical (unpaired) electrons. The number of hydrogen-bond acceptors (Lipinski definition) is 7. The number of ether oxygens (including phenoxy) is 3. The van der Waals surface area contributed by atoms with E-state index in [0.717, 1.165) is 0 Å². The molecule has 3 heterocycles. The van der Waals surface area contributed by atoms with Crippen molar-refractivity contribution in [2.24, 2.45) is 0 Å². The second-order valence-corrected chi connectivity index (χ2v) is 6.50. The van der Waals surface area contributed by atoms with E-state index in [1.54, 1.807) is 43.5 Å². The van der Waals surface area contributed by atoms with Gasteiger partial charge in [-0.15, -0.1) is 0 Å². The van der Waals surface area contributed by atoms with Crippen LogP contribution >= 0.6 is 0 Å². The van der Waals surface area contributed by atoms with Gasteiger partial charge in [0.25, 0.3) is 5.56 Å². The number of benzene rings is 1. The summed E-state index contributed by atoms with van der Waals surface area (Å²) < 4.78 is 41.1. The molecule has 8 nitrogen and oxygen atoms in total. The van der Waals surface area contributed by atoms with Gasteiger partial charge in [0.05, 0.1) is 25.0 Å². The minimum absolute atomic E-state index is 0.198. The van der Waals surface area contributed by atoms with Crippen LogP contribution in [-0.2, 0) is 0 Å². The van der Waals surface area contributed by atoms with Gasteiger partial charge in [-0.25, -0.2) is 9.97 Å². The first-order chi connectivity index (χ1) is 15.5. The van der Waals surface area contributed by atoms with E-state index in [1.165, 1.54) is 23.0 Å². The maximum atomic E-state index is 13.5. The third-order valence-electron chi connectivity index (χ3n) is 4.54. The maximum absolute atomic E-state index is 13.5. The van der Waals surface area contributed by atoms with Crippen LogP contribution in [0.3, 0.4) is 0 Å². The first kappa shape index (κ1) is 21.2. The van der Waals surface area contributed by atoms with Crippen LogP contribution in [0.15, 0.2) is 59.5 Å². The van der Waals surface area contributed by atoms with Crippen LogP contribution in [0.4, 0.5) is 8.78 Å². The van der Waals surface area contributed by atoms with Gasteiger partial charge in [0, 0.05) is 23.9 Å². The van der Waals surface area contributed by atoms with Crippen LogP contribution < -0.4 is 19.8 Å². The van der Waals surface area contributed by atoms with Gasteiger partial charge < -0.3 is 14.2 Å². The van der Waals surface area contributed by atoms with Gasteiger partial charge in [-0.2, -0.15) is 18.6 Å². The van der Waals surface area contributed by atoms with E-state index in [-0.39, 0.29) is 11.4 Å². The van der Waals surface area contributed by atoms with Crippen molar-refractivity contribution in [1.29, 1.82) is 0 Å². The fraction of sp³-hybridized carbons (Fsp3) is 0.182. The molecule has 0 unspecified atom stereocenters. The van der Waals surface area contributed by atoms with Crippen LogP contribution in [0.1, 0.15) is 6.92 Å². The lowest BCUT2D eigenvalue weighted by atomic mass is 10.1. The zero-order valence-corrected chi connectivity index (χ0v) is 17.2. The van der Waals surface area contributed by atoms with Gasteiger partial charge >= 0.3 is 6.61 Å². The molecule has 10 heteroatoms. The van der Waals surface area contributed by atoms with E-state index in [0.29, 0.717) is 40.5 Å². The lowest BCUT2D eigenvalue weighted by molar-refractivity contribution is -0.0528. The quantitative estimate of drug-likeness (QED) is 0.431. The normalized spacial score (nSPS) is 11.0. The molecule has 1 aromatic carbocycles. The third-order valence-corrected chi connectivity index (χ3v) is 4.54. The Bertz CT molecular complexity index is 1290. The molecule has 0 saturated heterocycles. The van der Waals surface area contributed by atoms with E-state index >= 15 is 0 Å². The second kappa shape index (κ2) is 8.96. The topological polar surface area (TPSA) is 88.4 Å². The summed E-state index contributed by atoms with van der Waals surface area (Å²) in [5.74, 6) is 0.695. The number of rotatable bonds is 7. The Morgan fingerprint density at radius 1 is 1.03 bits per heavy atom. The fourth-order valence-electron chi connectivity index (χ4n) is 3.13. The van der Waals surface area contributed by atoms with Crippen molar-refractivity contribution in [2.45, 2.75) is 13.5 Å². The number of aromatic nitrogens is 4. The Balaban J connectivity index is 1.93. The molecule has 0 N–H and O–H groups in total. The lowest BCUT2D eigenvalue weighted by Crippen LogP contribution is -2.23. The molecular weight excluding hydrogens is 422 g/mol. The molecule has 0 atom stereocenters. The van der Waals surface area contributed by atoms with Crippen molar-refractivity contribution in [3.05, 3.63) is 65.1 Å². The molecule has 4 aromatic rings. The minimum Gasteiger partial charge on any atom is -0.497 e. The average Bonchev–Trinajstić information content (AvgIpc) is 2.79. The monoisotopic (exact) mass is 440 g/mol. The number of hydrogen-bond donors (Lipinski definition) is 0. The predicted octanol–water partition coefficient (Wildman–Crippen LogP) is 3.85. The molecule has 0 aliphatic carbocycles. The van der Waals surface area contributed by atoms with Gasteiger partial charge in [0.2, 0.25) is 11.8 Å². The van der Waals surface area contributed by atoms with Crippen molar-refractivity contribution in [2.75, 3.05) is 13.7 Å². The molecule has 0 saturated carbocycles. The summed E-state index contributed by atoms with van der Waals surface area (Å²) in [6, 6.07) is 12.9. The fourth-order valence-corrected chi connectivity index (χ4v) is 3.13. The van der Waals surface area contributed by atoms with Gasteiger partial charge in [0.15, 0.2) is 0 Å². The maximum Gasteiger partial charge on any atom is 0.388 e. The number of methoxy groups -OCH3 is 1. The van der Waals surface area contributed by atoms with Crippen LogP contribution in [0, 0.1) is 0 Å². The molecule has 4 rings (SSSR count). The van der Waals surface area contributed by atoms with E-state index < -0.39 is 12.2 Å². The molecule has 0 bridgehead atoms. The third kappa shape index (κ3) is 4.20. The standard InChI is InChI=1S/C22H18F2N4O4/c1-3-31-18-11-9-16-20(26-18)19(13-4-10-17(25-12-13)32-22(23)24)21(29)28(27-16)14-5-7-15(30-2)8-6-14/h4-12,22H,3H2,1-2H3. The Kier molecular flexibility index (Phi) is 5.93. The summed E-state index contributed by atoms with van der Waals surface area (Å²) in [4.78, 5) is 21.8. The molecule has 3 aromatic heterocycles. The molecule has 0 spiro atoms. The Morgan fingerprint density at radius 2 is 1.78 bits per heavy atom. The summed E-state index contributed by atoms with van der Waals surface area (Å²) in [6.45, 7) is -0.790. The molecule has 0 aliphatic heterocycles. The summed E-state index contributed by atoms with van der Waals surface area (Å²) in [7, 11) is 1.55. The molecule has 0 amide bonds. The highest BCUT2D eigenvalue weighted by Crippen LogP contribution is 2.26. The van der Waals surface area contributed by atoms with E-state index in [4.69, 9.17) is 9.47 Å². The Hall–Kier alpha value is -4.08. The smallest absolute Gasteiger partial charge is 0.388 e. The summed E-state index contributed by atoms with van der Waals surface area (Å²) >= 11 is 0. The molecule has 32 heavy (non-hydrogen) atoms. The number of halogens is 2. The highest BCUT2D eigenvalue weighted by Gasteiger charge is 2.18. The van der Waals surface area contributed by atoms with Gasteiger partial charge in [-0.05, 0) is 43.3 Å². The second-order valence-electron chi connectivity index (χ2n) is 6.50. The Labute approximate surface area is 181 Å². The molecule has 164 valence electrons. The summed E-state index contributed by atoms with van der Waals surface area (Å²) in [5, 5.41) is 4.45. The number of fused-ring (bicyclic) bond motifs is 1. The number of pyridine rings is 2. The van der Waals surface area contributed by atoms with Crippen LogP contribution in [0.5, 0.6) is 17.5 Å². The highest BCUT2D eigenvalue weighted by molar-refractivity contribution is 5.90. The van der Waals surface area contributed by atoms with Crippen LogP contribution in [0.2, 0.25) is 0 Å². The summed E-state index contributed by atoms with van der Waals surface area (Å²) in [6.07, 6.45) is 1.28. The molecular formula is C22H18F2N4O4. The SMILES string of the molecule is CCOc1ccc2nn(-c3ccc(OC)cc3)c(=O)c(-c3ccc(OC(F)F)nc3)c2n1. The van der Waals surface area contributed by atoms with E-state index in [9.17, 15) is 13.6 Å². The van der Waals surface area contributed by atoms with Gasteiger partial charge in [-0.3, -0.25) is 4.79 Å². The zero-order chi connectivity index (χ0) is 22.7. The van der Waals surface area contributed by atoms with Crippen molar-refractivity contribution < 1.29 is 23.0 Å². The van der Waals surface area contributed by atoms with Gasteiger partial charge in [0.1, 0.15) is 16.8 Å². The number of nitrogens with zero attached hydrogens (tertiary/aromatic N) is 4. The van der Waals surface area contributed by atoms with Crippen molar-refractivity contribution in [3.63, 3.8) is 0 Å². The highest BCUT2D eigenvalue weighted by atomic mass is 19.3. The Morgan fingerprint density at radius 3 is 2.41 bits per heavy atom. The first-order valence-electron chi connectivity index (χ1n) is 9.62. The molecule has 0 fully saturated rings. The summed E-state index contributed by atoms with van der Waals surface area (Å²) in [5.41, 5.74) is 1.35. The van der Waals surface area contributed by atoms with E-state index in [2.05, 4.69) is 19.8 Å². The van der Waals surface area contributed by atoms with Crippen molar-refractivity contribution in [1.82, 2.24) is 19.7 Å². The van der Waals surface area contributed by atoms with Gasteiger partial charge in [-0.1, -0.05) is 0 Å². The zero-order valence-electron chi connectivity index (χ0n) is 17.2. The van der Waals surface area contributed by atoms with Crippen molar-refractivity contribution >= 4 is 11.0 Å². The molecule has 0 aliphatic rings. The van der Waals surface area contributed by atoms with E-state index in [1.807, 2.05) is 6.92 Å². The first-order valence-corrected chi connectivity index (χ1v) is 9.62.